The van der Waals surface area contributed by atoms with Crippen LogP contribution in [-0.4, -0.2) is 22.9 Å². The van der Waals surface area contributed by atoms with E-state index in [1.807, 2.05) is 60.7 Å². The van der Waals surface area contributed by atoms with E-state index in [0.717, 1.165) is 48.8 Å². The minimum Gasteiger partial charge on any atom is -0.430 e. The fraction of sp³-hybridized carbons (Fsp3) is 0.487. The Bertz CT molecular complexity index is 1400. The molecular weight excluding hydrogens is 530 g/mol. The zero-order valence-electron chi connectivity index (χ0n) is 27.2. The molecule has 1 fully saturated rings. The van der Waals surface area contributed by atoms with Gasteiger partial charge in [-0.15, -0.1) is 0 Å². The fourth-order valence-corrected chi connectivity index (χ4v) is 7.56. The Morgan fingerprint density at radius 3 is 1.93 bits per heavy atom. The molecule has 1 aliphatic heterocycles. The molecule has 0 saturated carbocycles. The largest absolute Gasteiger partial charge is 0.430 e. The number of ether oxygens (including phenoxy) is 1. The number of nitrogens with zero attached hydrogens (tertiary/aromatic N) is 1. The monoisotopic (exact) mass is 579 g/mol. The van der Waals surface area contributed by atoms with Crippen LogP contribution in [0.4, 0.5) is 4.79 Å². The molecule has 4 heteroatoms. The van der Waals surface area contributed by atoms with Crippen molar-refractivity contribution in [3.63, 3.8) is 0 Å². The maximum Gasteiger partial charge on any atom is 0.418 e. The minimum atomic E-state index is -1.10. The Hall–Kier alpha value is -3.40. The summed E-state index contributed by atoms with van der Waals surface area (Å²) in [6, 6.07) is 26.1. The number of carbonyl (C=O) groups excluding carboxylic acids is 2. The number of cyclic esters (lactones) is 1. The Morgan fingerprint density at radius 1 is 0.837 bits per heavy atom. The zero-order valence-corrected chi connectivity index (χ0v) is 27.2. The summed E-state index contributed by atoms with van der Waals surface area (Å²) in [5.41, 5.74) is 4.50. The summed E-state index contributed by atoms with van der Waals surface area (Å²) in [5, 5.41) is 0. The summed E-state index contributed by atoms with van der Waals surface area (Å²) < 4.78 is 6.46. The number of carbonyl (C=O) groups is 2. The number of hydrogen-bond donors (Lipinski definition) is 0. The molecule has 2 amide bonds. The average molecular weight is 580 g/mol. The van der Waals surface area contributed by atoms with Crippen LogP contribution < -0.4 is 0 Å². The van der Waals surface area contributed by atoms with E-state index in [0.29, 0.717) is 6.42 Å². The van der Waals surface area contributed by atoms with Gasteiger partial charge in [0.1, 0.15) is 0 Å². The molecule has 5 rings (SSSR count). The lowest BCUT2D eigenvalue weighted by molar-refractivity contribution is -0.132. The predicted molar refractivity (Wildman–Crippen MR) is 174 cm³/mol. The smallest absolute Gasteiger partial charge is 0.418 e. The van der Waals surface area contributed by atoms with Crippen LogP contribution in [0.5, 0.6) is 0 Å². The van der Waals surface area contributed by atoms with Crippen LogP contribution in [0.15, 0.2) is 78.9 Å². The number of unbranched alkanes of at least 4 members (excludes halogenated alkanes) is 2. The van der Waals surface area contributed by atoms with Gasteiger partial charge in [-0.25, -0.2) is 9.69 Å². The van der Waals surface area contributed by atoms with Crippen molar-refractivity contribution in [1.29, 1.82) is 0 Å². The predicted octanol–water partition coefficient (Wildman–Crippen LogP) is 9.65. The summed E-state index contributed by atoms with van der Waals surface area (Å²) in [4.78, 5) is 30.4. The molecule has 43 heavy (non-hydrogen) atoms. The summed E-state index contributed by atoms with van der Waals surface area (Å²) in [5.74, 6) is -0.620. The Kier molecular flexibility index (Phi) is 8.62. The summed E-state index contributed by atoms with van der Waals surface area (Å²) >= 11 is 0. The van der Waals surface area contributed by atoms with E-state index in [9.17, 15) is 9.59 Å². The van der Waals surface area contributed by atoms with Crippen LogP contribution >= 0.6 is 0 Å². The lowest BCUT2D eigenvalue weighted by Crippen LogP contribution is -2.51. The molecule has 2 atom stereocenters. The molecule has 228 valence electrons. The van der Waals surface area contributed by atoms with Crippen molar-refractivity contribution in [1.82, 2.24) is 4.90 Å². The number of imide groups is 1. The second kappa shape index (κ2) is 11.9. The van der Waals surface area contributed by atoms with Gasteiger partial charge in [0.25, 0.3) is 0 Å². The number of amides is 2. The van der Waals surface area contributed by atoms with Gasteiger partial charge >= 0.3 is 6.09 Å². The SMILES string of the molecule is CCCCC[C@@H](C(=O)N1C(=O)OC(c2ccccc2)(c2ccccc2)[C@H]1C(C)C)c1ccc2c(c1)C(C)(C)CCC2(C)C. The van der Waals surface area contributed by atoms with Crippen LogP contribution in [0.1, 0.15) is 121 Å². The lowest BCUT2D eigenvalue weighted by Gasteiger charge is -2.42. The first-order valence-electron chi connectivity index (χ1n) is 16.3. The highest BCUT2D eigenvalue weighted by Crippen LogP contribution is 2.50. The molecule has 1 heterocycles. The first-order valence-corrected chi connectivity index (χ1v) is 16.3. The van der Waals surface area contributed by atoms with Crippen molar-refractivity contribution < 1.29 is 14.3 Å². The first kappa shape index (κ1) is 31.0. The fourth-order valence-electron chi connectivity index (χ4n) is 7.56. The Morgan fingerprint density at radius 2 is 1.40 bits per heavy atom. The van der Waals surface area contributed by atoms with Gasteiger partial charge in [-0.1, -0.05) is 147 Å². The van der Waals surface area contributed by atoms with Crippen molar-refractivity contribution in [2.75, 3.05) is 0 Å². The van der Waals surface area contributed by atoms with E-state index in [-0.39, 0.29) is 22.7 Å². The highest BCUT2D eigenvalue weighted by atomic mass is 16.6. The maximum atomic E-state index is 14.9. The van der Waals surface area contributed by atoms with Gasteiger partial charge in [0, 0.05) is 11.1 Å². The molecule has 4 nitrogen and oxygen atoms in total. The van der Waals surface area contributed by atoms with Crippen LogP contribution in [0.3, 0.4) is 0 Å². The number of fused-ring (bicyclic) bond motifs is 1. The van der Waals surface area contributed by atoms with Crippen molar-refractivity contribution in [2.24, 2.45) is 5.92 Å². The standard InChI is InChI=1S/C39H49NO3/c1-8-9-12-21-31(28-22-23-32-33(26-28)38(6,7)25-24-37(32,4)5)35(41)40-34(27(2)3)39(43-36(40)42,29-17-13-10-14-18-29)30-19-15-11-16-20-30/h10-11,13-20,22-23,26-27,31,34H,8-9,12,21,24-25H2,1-7H3/t31-,34-/m1/s1. The van der Waals surface area contributed by atoms with E-state index in [2.05, 4.69) is 66.7 Å². The molecule has 3 aromatic rings. The van der Waals surface area contributed by atoms with Gasteiger partial charge in [-0.2, -0.15) is 0 Å². The van der Waals surface area contributed by atoms with Crippen molar-refractivity contribution in [2.45, 2.75) is 115 Å². The van der Waals surface area contributed by atoms with Crippen molar-refractivity contribution in [3.05, 3.63) is 107 Å². The molecule has 0 radical (unpaired) electrons. The highest BCUT2D eigenvalue weighted by Gasteiger charge is 2.60. The number of rotatable bonds is 9. The number of benzene rings is 3. The summed E-state index contributed by atoms with van der Waals surface area (Å²) in [6.45, 7) is 15.6. The second-order valence-electron chi connectivity index (χ2n) is 14.4. The molecule has 0 spiro atoms. The zero-order chi connectivity index (χ0) is 31.0. The van der Waals surface area contributed by atoms with Gasteiger partial charge in [0.05, 0.1) is 12.0 Å². The molecular formula is C39H49NO3. The Balaban J connectivity index is 1.63. The molecule has 0 aromatic heterocycles. The normalized spacial score (nSPS) is 20.9. The van der Waals surface area contributed by atoms with E-state index < -0.39 is 23.7 Å². The topological polar surface area (TPSA) is 46.6 Å². The van der Waals surface area contributed by atoms with Gasteiger partial charge < -0.3 is 4.74 Å². The van der Waals surface area contributed by atoms with Gasteiger partial charge in [0.2, 0.25) is 5.91 Å². The quantitative estimate of drug-likeness (QED) is 0.237. The van der Waals surface area contributed by atoms with Crippen molar-refractivity contribution in [3.8, 4) is 0 Å². The molecule has 0 bridgehead atoms. The molecule has 3 aromatic carbocycles. The van der Waals surface area contributed by atoms with E-state index in [1.54, 1.807) is 0 Å². The molecule has 1 aliphatic carbocycles. The molecule has 0 N–H and O–H groups in total. The summed E-state index contributed by atoms with van der Waals surface area (Å²) in [6.07, 6.45) is 5.43. The van der Waals surface area contributed by atoms with Crippen LogP contribution in [0.25, 0.3) is 0 Å². The lowest BCUT2D eigenvalue weighted by atomic mass is 9.62. The van der Waals surface area contributed by atoms with Crippen LogP contribution in [-0.2, 0) is 26.0 Å². The second-order valence-corrected chi connectivity index (χ2v) is 14.4. The van der Waals surface area contributed by atoms with Gasteiger partial charge in [-0.3, -0.25) is 4.79 Å². The summed E-state index contributed by atoms with van der Waals surface area (Å²) in [7, 11) is 0. The number of hydrogen-bond acceptors (Lipinski definition) is 3. The first-order chi connectivity index (χ1) is 20.4. The van der Waals surface area contributed by atoms with E-state index in [4.69, 9.17) is 4.74 Å². The molecule has 0 unspecified atom stereocenters. The Labute approximate surface area is 258 Å². The molecule has 1 saturated heterocycles. The van der Waals surface area contributed by atoms with Crippen LogP contribution in [0, 0.1) is 5.92 Å². The highest BCUT2D eigenvalue weighted by molar-refractivity contribution is 5.98. The van der Waals surface area contributed by atoms with Gasteiger partial charge in [0.15, 0.2) is 5.60 Å². The average Bonchev–Trinajstić information content (AvgIpc) is 3.32. The van der Waals surface area contributed by atoms with E-state index in [1.165, 1.54) is 16.0 Å². The minimum absolute atomic E-state index is 0.0285. The van der Waals surface area contributed by atoms with Gasteiger partial charge in [-0.05, 0) is 52.7 Å². The third kappa shape index (κ3) is 5.54. The van der Waals surface area contributed by atoms with Crippen molar-refractivity contribution >= 4 is 12.0 Å². The molecule has 2 aliphatic rings. The third-order valence-corrected chi connectivity index (χ3v) is 10.1. The maximum absolute atomic E-state index is 14.9. The van der Waals surface area contributed by atoms with E-state index >= 15 is 0 Å². The third-order valence-electron chi connectivity index (χ3n) is 10.1. The van der Waals surface area contributed by atoms with Crippen LogP contribution in [0.2, 0.25) is 0 Å².